The molecule has 1 fully saturated rings. The van der Waals surface area contributed by atoms with E-state index in [0.717, 1.165) is 22.3 Å². The predicted octanol–water partition coefficient (Wildman–Crippen LogP) is 6.14. The zero-order valence-electron chi connectivity index (χ0n) is 19.2. The van der Waals surface area contributed by atoms with E-state index in [4.69, 9.17) is 4.74 Å². The number of benzene rings is 3. The van der Waals surface area contributed by atoms with Gasteiger partial charge in [0, 0.05) is 16.8 Å². The molecule has 0 spiro atoms. The van der Waals surface area contributed by atoms with Crippen LogP contribution in [0.3, 0.4) is 0 Å². The summed E-state index contributed by atoms with van der Waals surface area (Å²) in [5.41, 5.74) is 5.10. The van der Waals surface area contributed by atoms with Crippen molar-refractivity contribution in [2.45, 2.75) is 45.6 Å². The van der Waals surface area contributed by atoms with Gasteiger partial charge >= 0.3 is 5.97 Å². The zero-order chi connectivity index (χ0) is 23.5. The van der Waals surface area contributed by atoms with Crippen LogP contribution in [0, 0.1) is 12.8 Å². The Bertz CT molecular complexity index is 1170. The summed E-state index contributed by atoms with van der Waals surface area (Å²) in [6.45, 7) is 6.46. The van der Waals surface area contributed by atoms with Crippen LogP contribution in [-0.2, 0) is 11.4 Å². The van der Waals surface area contributed by atoms with Gasteiger partial charge in [-0.3, -0.25) is 9.59 Å². The van der Waals surface area contributed by atoms with Crippen LogP contribution in [0.4, 0.5) is 5.69 Å². The number of carbonyl (C=O) groups is 2. The number of nitrogens with one attached hydrogen (secondary N) is 1. The molecule has 4 rings (SSSR count). The maximum Gasteiger partial charge on any atom is 0.307 e. The summed E-state index contributed by atoms with van der Waals surface area (Å²) in [5.74, 6) is -0.487. The highest BCUT2D eigenvalue weighted by Crippen LogP contribution is 2.48. The topological polar surface area (TPSA) is 75.6 Å². The van der Waals surface area contributed by atoms with Crippen LogP contribution in [0.1, 0.15) is 64.7 Å². The van der Waals surface area contributed by atoms with Crippen LogP contribution in [0.2, 0.25) is 0 Å². The van der Waals surface area contributed by atoms with Gasteiger partial charge in [-0.25, -0.2) is 0 Å². The summed E-state index contributed by atoms with van der Waals surface area (Å²) in [6.07, 6.45) is 0.643. The van der Waals surface area contributed by atoms with E-state index in [1.165, 1.54) is 0 Å². The summed E-state index contributed by atoms with van der Waals surface area (Å²) in [4.78, 5) is 24.6. The van der Waals surface area contributed by atoms with E-state index in [9.17, 15) is 14.7 Å². The summed E-state index contributed by atoms with van der Waals surface area (Å²) in [7, 11) is 0. The molecule has 0 aliphatic heterocycles. The number of carboxylic acid groups (broad SMARTS) is 1. The molecule has 0 heterocycles. The van der Waals surface area contributed by atoms with Crippen LogP contribution >= 0.6 is 0 Å². The van der Waals surface area contributed by atoms with Crippen molar-refractivity contribution in [1.29, 1.82) is 0 Å². The number of ether oxygens (including phenoxy) is 1. The van der Waals surface area contributed by atoms with Gasteiger partial charge in [-0.15, -0.1) is 0 Å². The van der Waals surface area contributed by atoms with Gasteiger partial charge in [0.15, 0.2) is 0 Å². The van der Waals surface area contributed by atoms with Crippen LogP contribution in [0.5, 0.6) is 5.75 Å². The Labute approximate surface area is 194 Å². The van der Waals surface area contributed by atoms with Gasteiger partial charge in [-0.05, 0) is 60.1 Å². The first-order valence-electron chi connectivity index (χ1n) is 11.3. The van der Waals surface area contributed by atoms with E-state index in [-0.39, 0.29) is 23.7 Å². The van der Waals surface area contributed by atoms with Crippen molar-refractivity contribution < 1.29 is 19.4 Å². The Morgan fingerprint density at radius 3 is 2.48 bits per heavy atom. The molecule has 5 heteroatoms. The monoisotopic (exact) mass is 443 g/mol. The van der Waals surface area contributed by atoms with Gasteiger partial charge in [0.2, 0.25) is 0 Å². The normalized spacial score (nSPS) is 17.0. The molecule has 170 valence electrons. The molecule has 1 saturated carbocycles. The van der Waals surface area contributed by atoms with Crippen LogP contribution in [0.15, 0.2) is 66.7 Å². The molecule has 0 radical (unpaired) electrons. The molecule has 2 atom stereocenters. The largest absolute Gasteiger partial charge is 0.489 e. The third-order valence-corrected chi connectivity index (χ3v) is 6.17. The quantitative estimate of drug-likeness (QED) is 0.439. The molecule has 0 unspecified atom stereocenters. The molecule has 0 aromatic heterocycles. The first-order valence-corrected chi connectivity index (χ1v) is 11.3. The fraction of sp³-hybridized carbons (Fsp3) is 0.286. The number of amides is 1. The first-order chi connectivity index (χ1) is 15.8. The molecule has 1 amide bonds. The molecular formula is C28H29NO4. The summed E-state index contributed by atoms with van der Waals surface area (Å²) >= 11 is 0. The van der Waals surface area contributed by atoms with Gasteiger partial charge in [-0.2, -0.15) is 0 Å². The van der Waals surface area contributed by atoms with Crippen molar-refractivity contribution in [2.75, 3.05) is 5.32 Å². The lowest BCUT2D eigenvalue weighted by molar-refractivity contribution is -0.138. The second kappa shape index (κ2) is 9.49. The highest BCUT2D eigenvalue weighted by atomic mass is 16.5. The third kappa shape index (κ3) is 5.08. The lowest BCUT2D eigenvalue weighted by Gasteiger charge is -2.19. The van der Waals surface area contributed by atoms with Crippen molar-refractivity contribution in [3.63, 3.8) is 0 Å². The van der Waals surface area contributed by atoms with E-state index in [1.54, 1.807) is 0 Å². The van der Waals surface area contributed by atoms with E-state index in [2.05, 4.69) is 5.32 Å². The average molecular weight is 444 g/mol. The van der Waals surface area contributed by atoms with Crippen molar-refractivity contribution in [3.05, 3.63) is 94.5 Å². The zero-order valence-corrected chi connectivity index (χ0v) is 19.2. The highest BCUT2D eigenvalue weighted by molar-refractivity contribution is 6.06. The number of hydrogen-bond acceptors (Lipinski definition) is 3. The van der Waals surface area contributed by atoms with Crippen LogP contribution in [-0.4, -0.2) is 17.0 Å². The fourth-order valence-electron chi connectivity index (χ4n) is 4.23. The van der Waals surface area contributed by atoms with Crippen molar-refractivity contribution in [2.24, 2.45) is 5.92 Å². The summed E-state index contributed by atoms with van der Waals surface area (Å²) < 4.78 is 6.11. The molecule has 33 heavy (non-hydrogen) atoms. The van der Waals surface area contributed by atoms with Crippen molar-refractivity contribution in [1.82, 2.24) is 0 Å². The van der Waals surface area contributed by atoms with Crippen molar-refractivity contribution in [3.8, 4) is 5.75 Å². The SMILES string of the molecule is Cc1ccc([C@H]2C[C@H]2C(=O)O)cc1NC(=O)c1cccc(OCc2ccccc2)c1C(C)C. The van der Waals surface area contributed by atoms with Gasteiger partial charge in [0.1, 0.15) is 12.4 Å². The van der Waals surface area contributed by atoms with E-state index in [0.29, 0.717) is 30.0 Å². The number of carboxylic acids is 1. The van der Waals surface area contributed by atoms with Gasteiger partial charge in [-0.1, -0.05) is 62.4 Å². The molecule has 1 aliphatic carbocycles. The second-order valence-electron chi connectivity index (χ2n) is 8.96. The predicted molar refractivity (Wildman–Crippen MR) is 129 cm³/mol. The molecule has 2 N–H and O–H groups in total. The Balaban J connectivity index is 1.56. The molecule has 0 saturated heterocycles. The Kier molecular flexibility index (Phi) is 6.50. The average Bonchev–Trinajstić information content (AvgIpc) is 3.61. The highest BCUT2D eigenvalue weighted by Gasteiger charge is 2.44. The minimum Gasteiger partial charge on any atom is -0.489 e. The summed E-state index contributed by atoms with van der Waals surface area (Å²) in [6, 6.07) is 21.3. The Morgan fingerprint density at radius 2 is 1.82 bits per heavy atom. The first kappa shape index (κ1) is 22.6. The maximum absolute atomic E-state index is 13.3. The number of aryl methyl sites for hydroxylation is 1. The number of aliphatic carboxylic acids is 1. The number of carbonyl (C=O) groups excluding carboxylic acids is 1. The van der Waals surface area contributed by atoms with Crippen LogP contribution < -0.4 is 10.1 Å². The standard InChI is InChI=1S/C28H29NO4/c1-17(2)26-21(10-7-11-25(26)33-16-19-8-5-4-6-9-19)27(30)29-24-14-20(13-12-18(24)3)22-15-23(22)28(31)32/h4-14,17,22-23H,15-16H2,1-3H3,(H,29,30)(H,31,32)/t22-,23-/m1/s1. The lowest BCUT2D eigenvalue weighted by atomic mass is 9.95. The number of hydrogen-bond donors (Lipinski definition) is 2. The molecule has 5 nitrogen and oxygen atoms in total. The number of anilines is 1. The van der Waals surface area contributed by atoms with Crippen LogP contribution in [0.25, 0.3) is 0 Å². The van der Waals surface area contributed by atoms with E-state index < -0.39 is 5.97 Å². The third-order valence-electron chi connectivity index (χ3n) is 6.17. The second-order valence-corrected chi connectivity index (χ2v) is 8.96. The Morgan fingerprint density at radius 1 is 1.06 bits per heavy atom. The Hall–Kier alpha value is -3.60. The lowest BCUT2D eigenvalue weighted by Crippen LogP contribution is -2.16. The molecule has 3 aromatic rings. The molecule has 1 aliphatic rings. The number of rotatable bonds is 8. The maximum atomic E-state index is 13.3. The molecule has 3 aromatic carbocycles. The minimum absolute atomic E-state index is 0.0136. The molecular weight excluding hydrogens is 414 g/mol. The fourth-order valence-corrected chi connectivity index (χ4v) is 4.23. The van der Waals surface area contributed by atoms with Crippen molar-refractivity contribution >= 4 is 17.6 Å². The summed E-state index contributed by atoms with van der Waals surface area (Å²) in [5, 5.41) is 12.3. The molecule has 0 bridgehead atoms. The van der Waals surface area contributed by atoms with Gasteiger partial charge in [0.25, 0.3) is 5.91 Å². The van der Waals surface area contributed by atoms with E-state index in [1.807, 2.05) is 87.5 Å². The smallest absolute Gasteiger partial charge is 0.307 e. The van der Waals surface area contributed by atoms with Gasteiger partial charge < -0.3 is 15.2 Å². The van der Waals surface area contributed by atoms with Gasteiger partial charge in [0.05, 0.1) is 5.92 Å². The van der Waals surface area contributed by atoms with E-state index >= 15 is 0 Å². The minimum atomic E-state index is -0.764.